The van der Waals surface area contributed by atoms with E-state index in [1.165, 1.54) is 25.7 Å². The third-order valence-corrected chi connectivity index (χ3v) is 4.44. The Hall–Kier alpha value is -1.46. The highest BCUT2D eigenvalue weighted by atomic mass is 16.6. The van der Waals surface area contributed by atoms with Gasteiger partial charge in [-0.25, -0.2) is 4.79 Å². The zero-order valence-corrected chi connectivity index (χ0v) is 15.6. The zero-order valence-electron chi connectivity index (χ0n) is 15.6. The maximum Gasteiger partial charge on any atom is 0.410 e. The Morgan fingerprint density at radius 2 is 1.96 bits per heavy atom. The average Bonchev–Trinajstić information content (AvgIpc) is 2.80. The van der Waals surface area contributed by atoms with Crippen LogP contribution in [0.15, 0.2) is 4.99 Å². The minimum Gasteiger partial charge on any atom is -0.444 e. The number of carbonyl (C=O) groups is 1. The van der Waals surface area contributed by atoms with Crippen molar-refractivity contribution < 1.29 is 9.53 Å². The fourth-order valence-electron chi connectivity index (χ4n) is 3.26. The Labute approximate surface area is 146 Å². The molecule has 0 spiro atoms. The number of aliphatic imine (C=N–C) groups is 1. The topological polar surface area (TPSA) is 66.0 Å². The van der Waals surface area contributed by atoms with Crippen LogP contribution in [-0.2, 0) is 4.74 Å². The summed E-state index contributed by atoms with van der Waals surface area (Å²) in [6, 6.07) is 0.297. The number of guanidine groups is 1. The Bertz CT molecular complexity index is 423. The van der Waals surface area contributed by atoms with Crippen molar-refractivity contribution >= 4 is 12.1 Å². The average molecular weight is 338 g/mol. The van der Waals surface area contributed by atoms with Crippen LogP contribution in [0.5, 0.6) is 0 Å². The van der Waals surface area contributed by atoms with Gasteiger partial charge in [-0.15, -0.1) is 0 Å². The first-order valence-corrected chi connectivity index (χ1v) is 9.47. The van der Waals surface area contributed by atoms with E-state index in [4.69, 9.17) is 4.74 Å². The van der Waals surface area contributed by atoms with Gasteiger partial charge >= 0.3 is 6.09 Å². The molecule has 2 N–H and O–H groups in total. The van der Waals surface area contributed by atoms with Crippen molar-refractivity contribution in [3.05, 3.63) is 0 Å². The van der Waals surface area contributed by atoms with E-state index >= 15 is 0 Å². The normalized spacial score (nSPS) is 19.7. The van der Waals surface area contributed by atoms with Crippen LogP contribution in [0.1, 0.15) is 65.7 Å². The van der Waals surface area contributed by atoms with E-state index in [9.17, 15) is 4.79 Å². The largest absolute Gasteiger partial charge is 0.444 e. The van der Waals surface area contributed by atoms with Crippen LogP contribution in [0.4, 0.5) is 4.79 Å². The van der Waals surface area contributed by atoms with Crippen molar-refractivity contribution in [2.45, 2.75) is 77.4 Å². The monoisotopic (exact) mass is 338 g/mol. The lowest BCUT2D eigenvalue weighted by molar-refractivity contribution is 0.0149. The number of rotatable bonds is 4. The maximum absolute atomic E-state index is 12.7. The highest BCUT2D eigenvalue weighted by Gasteiger charge is 2.28. The van der Waals surface area contributed by atoms with Gasteiger partial charge in [0.2, 0.25) is 0 Å². The Kier molecular flexibility index (Phi) is 7.18. The SMILES string of the molecule is CC(C)(C)OC(=O)N(CCNC1=NCCCN1)C1CCCCCC1. The van der Waals surface area contributed by atoms with E-state index in [-0.39, 0.29) is 6.09 Å². The summed E-state index contributed by atoms with van der Waals surface area (Å²) in [6.07, 6.45) is 8.01. The molecule has 0 saturated heterocycles. The number of hydrogen-bond donors (Lipinski definition) is 2. The Balaban J connectivity index is 1.92. The molecule has 0 radical (unpaired) electrons. The van der Waals surface area contributed by atoms with E-state index in [0.29, 0.717) is 19.1 Å². The van der Waals surface area contributed by atoms with Gasteiger partial charge in [0.25, 0.3) is 0 Å². The van der Waals surface area contributed by atoms with Crippen molar-refractivity contribution in [1.29, 1.82) is 0 Å². The number of carbonyl (C=O) groups excluding carboxylic acids is 1. The molecule has 1 saturated carbocycles. The smallest absolute Gasteiger partial charge is 0.410 e. The van der Waals surface area contributed by atoms with Gasteiger partial charge in [0.05, 0.1) is 0 Å². The fourth-order valence-corrected chi connectivity index (χ4v) is 3.26. The first-order chi connectivity index (χ1) is 11.5. The van der Waals surface area contributed by atoms with Crippen molar-refractivity contribution in [3.63, 3.8) is 0 Å². The lowest BCUT2D eigenvalue weighted by atomic mass is 10.1. The van der Waals surface area contributed by atoms with Crippen LogP contribution < -0.4 is 10.6 Å². The molecule has 0 atom stereocenters. The summed E-state index contributed by atoms with van der Waals surface area (Å²) in [4.78, 5) is 19.0. The van der Waals surface area contributed by atoms with Crippen molar-refractivity contribution in [2.24, 2.45) is 4.99 Å². The summed E-state index contributed by atoms with van der Waals surface area (Å²) >= 11 is 0. The van der Waals surface area contributed by atoms with Crippen LogP contribution in [0.25, 0.3) is 0 Å². The van der Waals surface area contributed by atoms with Crippen LogP contribution in [0, 0.1) is 0 Å². The molecule has 0 bridgehead atoms. The molecule has 2 aliphatic rings. The second-order valence-electron chi connectivity index (χ2n) is 7.76. The van der Waals surface area contributed by atoms with E-state index in [2.05, 4.69) is 15.6 Å². The molecule has 138 valence electrons. The van der Waals surface area contributed by atoms with Gasteiger partial charge in [-0.2, -0.15) is 0 Å². The first kappa shape index (κ1) is 18.9. The highest BCUT2D eigenvalue weighted by Crippen LogP contribution is 2.23. The van der Waals surface area contributed by atoms with Crippen LogP contribution in [0.2, 0.25) is 0 Å². The van der Waals surface area contributed by atoms with Crippen LogP contribution in [0.3, 0.4) is 0 Å². The van der Waals surface area contributed by atoms with Gasteiger partial charge in [-0.3, -0.25) is 4.99 Å². The first-order valence-electron chi connectivity index (χ1n) is 9.47. The molecule has 6 heteroatoms. The van der Waals surface area contributed by atoms with Crippen LogP contribution in [-0.4, -0.2) is 54.8 Å². The summed E-state index contributed by atoms with van der Waals surface area (Å²) in [5.74, 6) is 0.853. The summed E-state index contributed by atoms with van der Waals surface area (Å²) in [6.45, 7) is 8.96. The lowest BCUT2D eigenvalue weighted by Crippen LogP contribution is -2.48. The number of nitrogens with one attached hydrogen (secondary N) is 2. The lowest BCUT2D eigenvalue weighted by Gasteiger charge is -2.33. The second-order valence-corrected chi connectivity index (χ2v) is 7.76. The third kappa shape index (κ3) is 6.57. The van der Waals surface area contributed by atoms with Gasteiger partial charge in [0.15, 0.2) is 5.96 Å². The van der Waals surface area contributed by atoms with Crippen LogP contribution >= 0.6 is 0 Å². The Morgan fingerprint density at radius 3 is 2.54 bits per heavy atom. The van der Waals surface area contributed by atoms with E-state index in [1.807, 2.05) is 25.7 Å². The van der Waals surface area contributed by atoms with Crippen molar-refractivity contribution in [3.8, 4) is 0 Å². The van der Waals surface area contributed by atoms with Crippen molar-refractivity contribution in [1.82, 2.24) is 15.5 Å². The molecule has 24 heavy (non-hydrogen) atoms. The molecule has 1 amide bonds. The zero-order chi connectivity index (χ0) is 17.4. The number of ether oxygens (including phenoxy) is 1. The van der Waals surface area contributed by atoms with Gasteiger partial charge in [0, 0.05) is 32.2 Å². The molecule has 0 aromatic heterocycles. The summed E-state index contributed by atoms with van der Waals surface area (Å²) in [5.41, 5.74) is -0.456. The summed E-state index contributed by atoms with van der Waals surface area (Å²) < 4.78 is 5.65. The number of nitrogens with zero attached hydrogens (tertiary/aromatic N) is 2. The molecule has 1 aliphatic heterocycles. The Morgan fingerprint density at radius 1 is 1.25 bits per heavy atom. The minimum atomic E-state index is -0.456. The quantitative estimate of drug-likeness (QED) is 0.774. The van der Waals surface area contributed by atoms with Gasteiger partial charge < -0.3 is 20.3 Å². The third-order valence-electron chi connectivity index (χ3n) is 4.44. The molecule has 1 fully saturated rings. The molecule has 0 unspecified atom stereocenters. The predicted molar refractivity (Wildman–Crippen MR) is 97.4 cm³/mol. The minimum absolute atomic E-state index is 0.185. The second kappa shape index (κ2) is 9.14. The molecule has 0 aromatic rings. The fraction of sp³-hybridized carbons (Fsp3) is 0.889. The van der Waals surface area contributed by atoms with Gasteiger partial charge in [-0.1, -0.05) is 25.7 Å². The molecule has 1 aliphatic carbocycles. The molecule has 6 nitrogen and oxygen atoms in total. The van der Waals surface area contributed by atoms with E-state index < -0.39 is 5.60 Å². The van der Waals surface area contributed by atoms with E-state index in [0.717, 1.165) is 38.3 Å². The molecular weight excluding hydrogens is 304 g/mol. The maximum atomic E-state index is 12.7. The molecule has 0 aromatic carbocycles. The summed E-state index contributed by atoms with van der Waals surface area (Å²) in [7, 11) is 0. The summed E-state index contributed by atoms with van der Waals surface area (Å²) in [5, 5.41) is 6.57. The molecular formula is C18H34N4O2. The highest BCUT2D eigenvalue weighted by molar-refractivity contribution is 5.80. The van der Waals surface area contributed by atoms with Gasteiger partial charge in [-0.05, 0) is 40.0 Å². The molecule has 2 rings (SSSR count). The number of amides is 1. The predicted octanol–water partition coefficient (Wildman–Crippen LogP) is 2.89. The van der Waals surface area contributed by atoms with Crippen molar-refractivity contribution in [2.75, 3.05) is 26.2 Å². The standard InChI is InChI=1S/C18H34N4O2/c1-18(2,3)24-17(23)22(15-9-6-4-5-7-10-15)14-13-21-16-19-11-8-12-20-16/h15H,4-14H2,1-3H3,(H2,19,20,21). The van der Waals surface area contributed by atoms with E-state index in [1.54, 1.807) is 0 Å². The molecule has 1 heterocycles. The van der Waals surface area contributed by atoms with Gasteiger partial charge in [0.1, 0.15) is 5.60 Å². The number of hydrogen-bond acceptors (Lipinski definition) is 5.